The van der Waals surface area contributed by atoms with Gasteiger partial charge in [0, 0.05) is 6.54 Å². The van der Waals surface area contributed by atoms with E-state index in [2.05, 4.69) is 5.32 Å². The molecule has 2 amide bonds. The number of piperidine rings is 1. The molecule has 0 aliphatic carbocycles. The van der Waals surface area contributed by atoms with Gasteiger partial charge in [-0.3, -0.25) is 9.59 Å². The number of carbonyl (C=O) groups excluding carboxylic acids is 2. The van der Waals surface area contributed by atoms with Gasteiger partial charge in [0.05, 0.1) is 12.6 Å². The summed E-state index contributed by atoms with van der Waals surface area (Å²) in [5.74, 6) is -2.77. The van der Waals surface area contributed by atoms with Gasteiger partial charge in [-0.2, -0.15) is 0 Å². The van der Waals surface area contributed by atoms with E-state index in [1.165, 1.54) is 0 Å². The first-order valence-electron chi connectivity index (χ1n) is 4.54. The Balaban J connectivity index is 2.52. The molecule has 3 N–H and O–H groups in total. The molecule has 1 fully saturated rings. The van der Waals surface area contributed by atoms with E-state index in [9.17, 15) is 23.5 Å². The maximum atomic E-state index is 11.8. The quantitative estimate of drug-likeness (QED) is 0.528. The summed E-state index contributed by atoms with van der Waals surface area (Å²) in [6.45, 7) is -0.520. The largest absolute Gasteiger partial charge is 0.392 e. The fraction of sp³-hybridized carbons (Fsp3) is 0.750. The summed E-state index contributed by atoms with van der Waals surface area (Å²) in [4.78, 5) is 22.4. The predicted octanol–water partition coefficient (Wildman–Crippen LogP) is -1.14. The van der Waals surface area contributed by atoms with Crippen LogP contribution in [0.3, 0.4) is 0 Å². The van der Waals surface area contributed by atoms with Crippen molar-refractivity contribution < 1.29 is 23.5 Å². The van der Waals surface area contributed by atoms with Crippen LogP contribution >= 0.6 is 0 Å². The highest BCUT2D eigenvalue weighted by molar-refractivity contribution is 6.01. The maximum absolute atomic E-state index is 11.8. The second-order valence-electron chi connectivity index (χ2n) is 3.26. The summed E-state index contributed by atoms with van der Waals surface area (Å²) in [7, 11) is 0. The molecule has 1 rings (SSSR count). The number of carbonyl (C=O) groups is 2. The molecule has 0 saturated carbocycles. The van der Waals surface area contributed by atoms with E-state index in [0.717, 1.165) is 0 Å². The molecular formula is C8H12F2N2O3. The van der Waals surface area contributed by atoms with Gasteiger partial charge in [0.1, 0.15) is 5.92 Å². The van der Waals surface area contributed by atoms with Crippen LogP contribution in [0.1, 0.15) is 6.42 Å². The highest BCUT2D eigenvalue weighted by atomic mass is 19.3. The SMILES string of the molecule is O=C1NCCC(O)C1C(=O)NCC(F)F. The minimum absolute atomic E-state index is 0.249. The molecule has 15 heavy (non-hydrogen) atoms. The maximum Gasteiger partial charge on any atom is 0.255 e. The van der Waals surface area contributed by atoms with Crippen molar-refractivity contribution in [2.45, 2.75) is 19.0 Å². The summed E-state index contributed by atoms with van der Waals surface area (Å²) in [5, 5.41) is 13.7. The third-order valence-electron chi connectivity index (χ3n) is 2.12. The van der Waals surface area contributed by atoms with E-state index in [0.29, 0.717) is 6.54 Å². The van der Waals surface area contributed by atoms with Gasteiger partial charge in [-0.25, -0.2) is 8.78 Å². The minimum Gasteiger partial charge on any atom is -0.392 e. The van der Waals surface area contributed by atoms with Crippen molar-refractivity contribution in [2.24, 2.45) is 5.92 Å². The van der Waals surface area contributed by atoms with Gasteiger partial charge >= 0.3 is 0 Å². The van der Waals surface area contributed by atoms with Crippen LogP contribution in [0.4, 0.5) is 8.78 Å². The number of alkyl halides is 2. The second kappa shape index (κ2) is 5.01. The molecule has 0 radical (unpaired) electrons. The molecule has 86 valence electrons. The molecule has 1 aliphatic heterocycles. The van der Waals surface area contributed by atoms with E-state index in [-0.39, 0.29) is 6.42 Å². The van der Waals surface area contributed by atoms with E-state index < -0.39 is 36.8 Å². The van der Waals surface area contributed by atoms with Gasteiger partial charge in [0.2, 0.25) is 11.8 Å². The first-order valence-corrected chi connectivity index (χ1v) is 4.54. The van der Waals surface area contributed by atoms with Crippen molar-refractivity contribution in [1.29, 1.82) is 0 Å². The monoisotopic (exact) mass is 222 g/mol. The van der Waals surface area contributed by atoms with Crippen LogP contribution in [0.25, 0.3) is 0 Å². The van der Waals surface area contributed by atoms with E-state index in [1.54, 1.807) is 0 Å². The van der Waals surface area contributed by atoms with E-state index in [4.69, 9.17) is 0 Å². The number of amides is 2. The van der Waals surface area contributed by atoms with Crippen LogP contribution in [-0.2, 0) is 9.59 Å². The lowest BCUT2D eigenvalue weighted by Gasteiger charge is -2.26. The van der Waals surface area contributed by atoms with Crippen molar-refractivity contribution in [3.63, 3.8) is 0 Å². The highest BCUT2D eigenvalue weighted by Gasteiger charge is 2.36. The number of hydrogen-bond acceptors (Lipinski definition) is 3. The van der Waals surface area contributed by atoms with Crippen molar-refractivity contribution in [2.75, 3.05) is 13.1 Å². The van der Waals surface area contributed by atoms with E-state index >= 15 is 0 Å². The Morgan fingerprint density at radius 3 is 2.87 bits per heavy atom. The molecule has 2 unspecified atom stereocenters. The molecule has 0 aromatic heterocycles. The van der Waals surface area contributed by atoms with Gasteiger partial charge in [-0.1, -0.05) is 0 Å². The van der Waals surface area contributed by atoms with Gasteiger partial charge < -0.3 is 15.7 Å². The van der Waals surface area contributed by atoms with Crippen LogP contribution < -0.4 is 10.6 Å². The molecule has 0 aromatic carbocycles. The zero-order valence-electron chi connectivity index (χ0n) is 7.87. The fourth-order valence-corrected chi connectivity index (χ4v) is 1.38. The molecule has 1 heterocycles. The van der Waals surface area contributed by atoms with Crippen LogP contribution in [-0.4, -0.2) is 42.5 Å². The van der Waals surface area contributed by atoms with Crippen molar-refractivity contribution in [3.05, 3.63) is 0 Å². The molecule has 0 spiro atoms. The zero-order chi connectivity index (χ0) is 11.4. The Morgan fingerprint density at radius 2 is 2.33 bits per heavy atom. The molecule has 0 bridgehead atoms. The topological polar surface area (TPSA) is 78.4 Å². The molecular weight excluding hydrogens is 210 g/mol. The molecule has 0 aromatic rings. The Hall–Kier alpha value is -1.24. The number of rotatable bonds is 3. The van der Waals surface area contributed by atoms with Gasteiger partial charge in [-0.15, -0.1) is 0 Å². The molecule has 1 aliphatic rings. The summed E-state index contributed by atoms with van der Waals surface area (Å²) in [6, 6.07) is 0. The molecule has 5 nitrogen and oxygen atoms in total. The van der Waals surface area contributed by atoms with Crippen LogP contribution in [0.5, 0.6) is 0 Å². The molecule has 2 atom stereocenters. The average Bonchev–Trinajstić information content (AvgIpc) is 2.14. The number of hydrogen-bond donors (Lipinski definition) is 3. The average molecular weight is 222 g/mol. The fourth-order valence-electron chi connectivity index (χ4n) is 1.38. The summed E-state index contributed by atoms with van der Waals surface area (Å²) >= 11 is 0. The third-order valence-corrected chi connectivity index (χ3v) is 2.12. The van der Waals surface area contributed by atoms with E-state index in [1.807, 2.05) is 5.32 Å². The van der Waals surface area contributed by atoms with Gasteiger partial charge in [0.25, 0.3) is 6.43 Å². The summed E-state index contributed by atoms with van der Waals surface area (Å²) < 4.78 is 23.6. The first-order chi connectivity index (χ1) is 7.02. The lowest BCUT2D eigenvalue weighted by atomic mass is 9.94. The minimum atomic E-state index is -2.67. The summed E-state index contributed by atoms with van der Waals surface area (Å²) in [6.07, 6.45) is -3.52. The van der Waals surface area contributed by atoms with Crippen LogP contribution in [0.15, 0.2) is 0 Å². The first kappa shape index (κ1) is 11.8. The molecule has 7 heteroatoms. The second-order valence-corrected chi connectivity index (χ2v) is 3.26. The van der Waals surface area contributed by atoms with Crippen molar-refractivity contribution >= 4 is 11.8 Å². The number of aliphatic hydroxyl groups excluding tert-OH is 1. The lowest BCUT2D eigenvalue weighted by Crippen LogP contribution is -2.52. The number of halogens is 2. The van der Waals surface area contributed by atoms with Gasteiger partial charge in [-0.05, 0) is 6.42 Å². The Morgan fingerprint density at radius 1 is 1.67 bits per heavy atom. The van der Waals surface area contributed by atoms with Crippen molar-refractivity contribution in [3.8, 4) is 0 Å². The number of nitrogens with one attached hydrogen (secondary N) is 2. The zero-order valence-corrected chi connectivity index (χ0v) is 7.87. The normalized spacial score (nSPS) is 26.3. The highest BCUT2D eigenvalue weighted by Crippen LogP contribution is 2.12. The van der Waals surface area contributed by atoms with Gasteiger partial charge in [0.15, 0.2) is 0 Å². The standard InChI is InChI=1S/C8H12F2N2O3/c9-5(10)3-12-8(15)6-4(13)1-2-11-7(6)14/h4-6,13H,1-3H2,(H,11,14)(H,12,15). The van der Waals surface area contributed by atoms with Crippen LogP contribution in [0, 0.1) is 5.92 Å². The Bertz CT molecular complexity index is 260. The smallest absolute Gasteiger partial charge is 0.255 e. The summed E-state index contributed by atoms with van der Waals surface area (Å²) in [5.41, 5.74) is 0. The van der Waals surface area contributed by atoms with Crippen LogP contribution in [0.2, 0.25) is 0 Å². The van der Waals surface area contributed by atoms with Crippen molar-refractivity contribution in [1.82, 2.24) is 10.6 Å². The number of aliphatic hydroxyl groups is 1. The third kappa shape index (κ3) is 3.12. The molecule has 1 saturated heterocycles. The lowest BCUT2D eigenvalue weighted by molar-refractivity contribution is -0.142. The predicted molar refractivity (Wildman–Crippen MR) is 46.1 cm³/mol. The Kier molecular flexibility index (Phi) is 3.96. The Labute approximate surface area is 84.8 Å².